The first-order chi connectivity index (χ1) is 8.16. The Bertz CT molecular complexity index is 389. The molecule has 0 spiro atoms. The summed E-state index contributed by atoms with van der Waals surface area (Å²) in [6, 6.07) is 2.04. The molecule has 0 aliphatic carbocycles. The predicted molar refractivity (Wildman–Crippen MR) is 66.9 cm³/mol. The zero-order valence-corrected chi connectivity index (χ0v) is 10.7. The van der Waals surface area contributed by atoms with E-state index in [1.807, 2.05) is 24.7 Å². The second kappa shape index (κ2) is 5.45. The summed E-state index contributed by atoms with van der Waals surface area (Å²) in [4.78, 5) is 12.2. The minimum absolute atomic E-state index is 0.0488. The van der Waals surface area contributed by atoms with Crippen LogP contribution in [-0.2, 0) is 18.3 Å². The number of nitrogens with one attached hydrogen (secondary N) is 1. The van der Waals surface area contributed by atoms with Crippen molar-refractivity contribution in [2.75, 3.05) is 6.54 Å². The lowest BCUT2D eigenvalue weighted by Crippen LogP contribution is -2.37. The molecule has 17 heavy (non-hydrogen) atoms. The second-order valence-corrected chi connectivity index (χ2v) is 4.90. The van der Waals surface area contributed by atoms with Crippen LogP contribution in [0.25, 0.3) is 0 Å². The molecule has 1 aliphatic heterocycles. The molecule has 4 heteroatoms. The van der Waals surface area contributed by atoms with Crippen LogP contribution in [0.5, 0.6) is 0 Å². The Balaban J connectivity index is 1.98. The minimum Gasteiger partial charge on any atom is -0.307 e. The van der Waals surface area contributed by atoms with Gasteiger partial charge in [0.15, 0.2) is 5.78 Å². The van der Waals surface area contributed by atoms with Crippen LogP contribution in [-0.4, -0.2) is 28.2 Å². The average molecular weight is 235 g/mol. The maximum atomic E-state index is 12.2. The van der Waals surface area contributed by atoms with Crippen LogP contribution in [0, 0.1) is 6.92 Å². The SMILES string of the molecule is Cc1cc(CC(=O)C2CCCCCN2)n(C)n1. The normalized spacial score (nSPS) is 21.2. The van der Waals surface area contributed by atoms with Gasteiger partial charge >= 0.3 is 0 Å². The summed E-state index contributed by atoms with van der Waals surface area (Å²) in [6.45, 7) is 2.93. The number of carbonyl (C=O) groups excluding carboxylic acids is 1. The molecule has 1 aromatic heterocycles. The van der Waals surface area contributed by atoms with Gasteiger partial charge in [-0.2, -0.15) is 5.10 Å². The van der Waals surface area contributed by atoms with Crippen molar-refractivity contribution < 1.29 is 4.79 Å². The molecule has 1 saturated heterocycles. The third kappa shape index (κ3) is 3.16. The summed E-state index contributed by atoms with van der Waals surface area (Å²) >= 11 is 0. The van der Waals surface area contributed by atoms with E-state index in [2.05, 4.69) is 10.4 Å². The van der Waals surface area contributed by atoms with Crippen LogP contribution in [0.3, 0.4) is 0 Å². The quantitative estimate of drug-likeness (QED) is 0.861. The molecule has 1 aliphatic rings. The van der Waals surface area contributed by atoms with Gasteiger partial charge < -0.3 is 5.32 Å². The lowest BCUT2D eigenvalue weighted by Gasteiger charge is -2.14. The Labute approximate surface area is 102 Å². The van der Waals surface area contributed by atoms with Gasteiger partial charge in [0.2, 0.25) is 0 Å². The van der Waals surface area contributed by atoms with Crippen LogP contribution in [0.4, 0.5) is 0 Å². The van der Waals surface area contributed by atoms with E-state index in [0.29, 0.717) is 12.2 Å². The van der Waals surface area contributed by atoms with Gasteiger partial charge in [0.1, 0.15) is 0 Å². The Hall–Kier alpha value is -1.16. The van der Waals surface area contributed by atoms with Crippen molar-refractivity contribution in [3.05, 3.63) is 17.5 Å². The topological polar surface area (TPSA) is 46.9 Å². The summed E-state index contributed by atoms with van der Waals surface area (Å²) in [6.07, 6.45) is 5.06. The number of Topliss-reactive ketones (excluding diaryl/α,β-unsaturated/α-hetero) is 1. The predicted octanol–water partition coefficient (Wildman–Crippen LogP) is 1.37. The lowest BCUT2D eigenvalue weighted by molar-refractivity contribution is -0.120. The maximum absolute atomic E-state index is 12.2. The largest absolute Gasteiger partial charge is 0.307 e. The van der Waals surface area contributed by atoms with Crippen molar-refractivity contribution in [1.82, 2.24) is 15.1 Å². The number of hydrogen-bond acceptors (Lipinski definition) is 3. The average Bonchev–Trinajstić information content (AvgIpc) is 2.54. The van der Waals surface area contributed by atoms with Crippen LogP contribution < -0.4 is 5.32 Å². The van der Waals surface area contributed by atoms with Crippen molar-refractivity contribution in [3.63, 3.8) is 0 Å². The first-order valence-corrected chi connectivity index (χ1v) is 6.42. The highest BCUT2D eigenvalue weighted by molar-refractivity contribution is 5.85. The molecule has 1 aromatic rings. The van der Waals surface area contributed by atoms with E-state index in [-0.39, 0.29) is 6.04 Å². The number of nitrogens with zero attached hydrogens (tertiary/aromatic N) is 2. The molecular formula is C13H21N3O. The number of aromatic nitrogens is 2. The molecule has 1 fully saturated rings. The summed E-state index contributed by atoms with van der Waals surface area (Å²) in [7, 11) is 1.90. The van der Waals surface area contributed by atoms with Gasteiger partial charge in [0.25, 0.3) is 0 Å². The maximum Gasteiger partial charge on any atom is 0.155 e. The van der Waals surface area contributed by atoms with E-state index in [1.54, 1.807) is 0 Å². The first kappa shape index (κ1) is 12.3. The molecule has 1 unspecified atom stereocenters. The molecule has 0 bridgehead atoms. The fraction of sp³-hybridized carbons (Fsp3) is 0.692. The molecule has 2 rings (SSSR count). The molecule has 94 valence electrons. The summed E-state index contributed by atoms with van der Waals surface area (Å²) in [5.74, 6) is 0.301. The van der Waals surface area contributed by atoms with Gasteiger partial charge in [0.05, 0.1) is 11.7 Å². The van der Waals surface area contributed by atoms with E-state index in [1.165, 1.54) is 12.8 Å². The van der Waals surface area contributed by atoms with E-state index in [9.17, 15) is 4.79 Å². The Kier molecular flexibility index (Phi) is 3.94. The van der Waals surface area contributed by atoms with Crippen molar-refractivity contribution in [3.8, 4) is 0 Å². The van der Waals surface area contributed by atoms with E-state index in [0.717, 1.165) is 30.8 Å². The van der Waals surface area contributed by atoms with Gasteiger partial charge in [-0.15, -0.1) is 0 Å². The molecule has 0 amide bonds. The highest BCUT2D eigenvalue weighted by Crippen LogP contribution is 2.12. The van der Waals surface area contributed by atoms with E-state index >= 15 is 0 Å². The van der Waals surface area contributed by atoms with Crippen molar-refractivity contribution in [1.29, 1.82) is 0 Å². The number of rotatable bonds is 3. The second-order valence-electron chi connectivity index (χ2n) is 4.90. The molecule has 0 saturated carbocycles. The first-order valence-electron chi connectivity index (χ1n) is 6.42. The van der Waals surface area contributed by atoms with Crippen LogP contribution in [0.2, 0.25) is 0 Å². The van der Waals surface area contributed by atoms with Gasteiger partial charge in [-0.25, -0.2) is 0 Å². The zero-order chi connectivity index (χ0) is 12.3. The molecule has 1 N–H and O–H groups in total. The molecular weight excluding hydrogens is 214 g/mol. The van der Waals surface area contributed by atoms with Crippen LogP contribution in [0.15, 0.2) is 6.07 Å². The molecule has 2 heterocycles. The fourth-order valence-electron chi connectivity index (χ4n) is 2.43. The van der Waals surface area contributed by atoms with Crippen LogP contribution in [0.1, 0.15) is 37.1 Å². The van der Waals surface area contributed by atoms with Gasteiger partial charge in [-0.1, -0.05) is 12.8 Å². The smallest absolute Gasteiger partial charge is 0.155 e. The van der Waals surface area contributed by atoms with Gasteiger partial charge in [-0.3, -0.25) is 9.48 Å². The van der Waals surface area contributed by atoms with Crippen molar-refractivity contribution in [2.45, 2.75) is 45.1 Å². The van der Waals surface area contributed by atoms with E-state index < -0.39 is 0 Å². The number of ketones is 1. The third-order valence-corrected chi connectivity index (χ3v) is 3.40. The Morgan fingerprint density at radius 3 is 3.06 bits per heavy atom. The molecule has 0 radical (unpaired) electrons. The summed E-state index contributed by atoms with van der Waals surface area (Å²) in [5, 5.41) is 7.62. The lowest BCUT2D eigenvalue weighted by atomic mass is 10.0. The monoisotopic (exact) mass is 235 g/mol. The highest BCUT2D eigenvalue weighted by atomic mass is 16.1. The molecule has 0 aromatic carbocycles. The van der Waals surface area contributed by atoms with Gasteiger partial charge in [-0.05, 0) is 32.4 Å². The minimum atomic E-state index is 0.0488. The van der Waals surface area contributed by atoms with E-state index in [4.69, 9.17) is 0 Å². The zero-order valence-electron chi connectivity index (χ0n) is 10.7. The molecule has 1 atom stereocenters. The summed E-state index contributed by atoms with van der Waals surface area (Å²) < 4.78 is 1.81. The van der Waals surface area contributed by atoms with Crippen molar-refractivity contribution >= 4 is 5.78 Å². The Morgan fingerprint density at radius 1 is 1.53 bits per heavy atom. The highest BCUT2D eigenvalue weighted by Gasteiger charge is 2.20. The number of carbonyl (C=O) groups is 1. The standard InChI is InChI=1S/C13H21N3O/c1-10-8-11(16(2)15-10)9-13(17)12-6-4-3-5-7-14-12/h8,12,14H,3-7,9H2,1-2H3. The molecule has 4 nitrogen and oxygen atoms in total. The third-order valence-electron chi connectivity index (χ3n) is 3.40. The van der Waals surface area contributed by atoms with Gasteiger partial charge in [0, 0.05) is 19.2 Å². The Morgan fingerprint density at radius 2 is 2.35 bits per heavy atom. The van der Waals surface area contributed by atoms with Crippen molar-refractivity contribution in [2.24, 2.45) is 7.05 Å². The number of aryl methyl sites for hydroxylation is 2. The summed E-state index contributed by atoms with van der Waals surface area (Å²) in [5.41, 5.74) is 1.99. The fourth-order valence-corrected chi connectivity index (χ4v) is 2.43. The number of hydrogen-bond donors (Lipinski definition) is 1. The van der Waals surface area contributed by atoms with Crippen LogP contribution >= 0.6 is 0 Å².